The molecule has 2 aliphatic carbocycles. The topological polar surface area (TPSA) is 256 Å². The van der Waals surface area contributed by atoms with Gasteiger partial charge in [-0.1, -0.05) is 0 Å². The quantitative estimate of drug-likeness (QED) is 0.151. The van der Waals surface area contributed by atoms with Crippen LogP contribution < -0.4 is 10.3 Å². The minimum Gasteiger partial charge on any atom is -0.458 e. The van der Waals surface area contributed by atoms with Gasteiger partial charge in [-0.25, -0.2) is 30.2 Å². The highest BCUT2D eigenvalue weighted by Crippen LogP contribution is 2.37. The number of carbonyl (C=O) groups is 2. The van der Waals surface area contributed by atoms with Crippen LogP contribution in [0.15, 0.2) is 41.6 Å². The van der Waals surface area contributed by atoms with Crippen LogP contribution in [-0.2, 0) is 51.3 Å². The van der Waals surface area contributed by atoms with E-state index >= 15 is 0 Å². The van der Waals surface area contributed by atoms with E-state index in [1.165, 1.54) is 30.2 Å². The number of nitrogens with zero attached hydrogens (tertiary/aromatic N) is 4. The number of hydrogen-bond acceptors (Lipinski definition) is 16. The first-order valence-corrected chi connectivity index (χ1v) is 22.3. The number of aryl methyl sites for hydroxylation is 4. The summed E-state index contributed by atoms with van der Waals surface area (Å²) in [5, 5.41) is 9.86. The molecule has 4 heterocycles. The van der Waals surface area contributed by atoms with E-state index in [2.05, 4.69) is 19.9 Å². The molecular formula is C38H50N6O11S3. The Morgan fingerprint density at radius 1 is 0.741 bits per heavy atom. The molecule has 58 heavy (non-hydrogen) atoms. The van der Waals surface area contributed by atoms with E-state index in [9.17, 15) is 26.4 Å². The molecule has 0 amide bonds. The Balaban J connectivity index is 0.000000221. The first-order valence-electron chi connectivity index (χ1n) is 18.6. The first-order chi connectivity index (χ1) is 27.3. The lowest BCUT2D eigenvalue weighted by atomic mass is 9.96. The van der Waals surface area contributed by atoms with Gasteiger partial charge in [0.25, 0.3) is 0 Å². The van der Waals surface area contributed by atoms with E-state index in [1.807, 2.05) is 33.8 Å². The number of ketones is 2. The van der Waals surface area contributed by atoms with Crippen molar-refractivity contribution < 1.29 is 48.7 Å². The molecule has 0 bridgehead atoms. The Morgan fingerprint density at radius 2 is 1.22 bits per heavy atom. The van der Waals surface area contributed by atoms with Crippen LogP contribution in [0.5, 0.6) is 0 Å². The lowest BCUT2D eigenvalue weighted by Gasteiger charge is -2.16. The number of furan rings is 1. The van der Waals surface area contributed by atoms with Gasteiger partial charge in [-0.3, -0.25) is 18.0 Å². The van der Waals surface area contributed by atoms with Crippen molar-refractivity contribution in [2.45, 2.75) is 78.4 Å². The van der Waals surface area contributed by atoms with Gasteiger partial charge in [0.1, 0.15) is 18.4 Å². The van der Waals surface area contributed by atoms with Gasteiger partial charge in [-0.15, -0.1) is 11.3 Å². The van der Waals surface area contributed by atoms with Crippen molar-refractivity contribution in [1.82, 2.24) is 19.9 Å². The molecule has 17 nitrogen and oxygen atoms in total. The number of nitrogens with two attached hydrogens (primary N) is 2. The highest BCUT2D eigenvalue weighted by atomic mass is 32.2. The summed E-state index contributed by atoms with van der Waals surface area (Å²) in [7, 11) is -4.81. The van der Waals surface area contributed by atoms with E-state index in [1.54, 1.807) is 26.5 Å². The van der Waals surface area contributed by atoms with Gasteiger partial charge in [0, 0.05) is 43.3 Å². The molecule has 4 aromatic rings. The number of aromatic nitrogens is 4. The van der Waals surface area contributed by atoms with Crippen molar-refractivity contribution in [2.75, 3.05) is 27.4 Å². The molecule has 0 aliphatic heterocycles. The molecular weight excluding hydrogens is 813 g/mol. The summed E-state index contributed by atoms with van der Waals surface area (Å²) >= 11 is 1.47. The number of rotatable bonds is 16. The van der Waals surface area contributed by atoms with E-state index < -0.39 is 20.6 Å². The third-order valence-electron chi connectivity index (χ3n) is 10.8. The minimum atomic E-state index is -4.00. The second kappa shape index (κ2) is 19.5. The van der Waals surface area contributed by atoms with Crippen molar-refractivity contribution in [3.63, 3.8) is 0 Å². The molecule has 316 valence electrons. The average molecular weight is 863 g/mol. The standard InChI is InChI=1S/C19H25N3O6S.C19H25N3O5S2/c2*1-11-4-18(28-12(11)2)19(23)15-8-21-10-22-16(15)6-13-5-14(17(7-13)26-3)9-27-29(20,24)25/h2*4,8,10,13-14,17H,5-7,9H2,1-3H3,(H2,20,24,25)/t2*13-,14+,17-/m00/s1. The summed E-state index contributed by atoms with van der Waals surface area (Å²) in [4.78, 5) is 44.4. The highest BCUT2D eigenvalue weighted by Gasteiger charge is 2.37. The molecule has 4 aromatic heterocycles. The number of methoxy groups -OCH3 is 2. The molecule has 20 heteroatoms. The summed E-state index contributed by atoms with van der Waals surface area (Å²) in [5.74, 6) is 0.758. The maximum absolute atomic E-state index is 13.0. The van der Waals surface area contributed by atoms with Crippen LogP contribution in [0.2, 0.25) is 0 Å². The van der Waals surface area contributed by atoms with Gasteiger partial charge in [0.15, 0.2) is 5.76 Å². The molecule has 2 fully saturated rings. The zero-order valence-electron chi connectivity index (χ0n) is 33.2. The van der Waals surface area contributed by atoms with E-state index in [4.69, 9.17) is 32.5 Å². The largest absolute Gasteiger partial charge is 0.458 e. The van der Waals surface area contributed by atoms with Crippen LogP contribution >= 0.6 is 11.3 Å². The van der Waals surface area contributed by atoms with Crippen molar-refractivity contribution >= 4 is 43.5 Å². The molecule has 0 unspecified atom stereocenters. The van der Waals surface area contributed by atoms with Crippen LogP contribution in [-0.4, -0.2) is 88.0 Å². The second-order valence-corrected chi connectivity index (χ2v) is 18.5. The first kappa shape index (κ1) is 45.2. The summed E-state index contributed by atoms with van der Waals surface area (Å²) in [6.07, 6.45) is 9.55. The predicted molar refractivity (Wildman–Crippen MR) is 212 cm³/mol. The average Bonchev–Trinajstić information content (AvgIpc) is 3.94. The summed E-state index contributed by atoms with van der Waals surface area (Å²) < 4.78 is 70.4. The van der Waals surface area contributed by atoms with Gasteiger partial charge < -0.3 is 13.9 Å². The van der Waals surface area contributed by atoms with Crippen molar-refractivity contribution in [3.8, 4) is 0 Å². The Morgan fingerprint density at radius 3 is 1.62 bits per heavy atom. The molecule has 6 atom stereocenters. The maximum Gasteiger partial charge on any atom is 0.333 e. The second-order valence-electron chi connectivity index (χ2n) is 14.8. The van der Waals surface area contributed by atoms with Gasteiger partial charge in [0.2, 0.25) is 11.6 Å². The molecule has 2 saturated carbocycles. The zero-order valence-corrected chi connectivity index (χ0v) is 35.7. The molecule has 6 rings (SSSR count). The van der Waals surface area contributed by atoms with Crippen LogP contribution in [0.25, 0.3) is 0 Å². The Kier molecular flexibility index (Phi) is 15.2. The minimum absolute atomic E-state index is 0.0167. The third kappa shape index (κ3) is 12.1. The summed E-state index contributed by atoms with van der Waals surface area (Å²) in [6.45, 7) is 7.61. The Hall–Kier alpha value is -3.86. The van der Waals surface area contributed by atoms with Gasteiger partial charge >= 0.3 is 20.6 Å². The predicted octanol–water partition coefficient (Wildman–Crippen LogP) is 3.91. The van der Waals surface area contributed by atoms with Gasteiger partial charge in [-0.05, 0) is 101 Å². The number of thiophene rings is 1. The number of hydrogen-bond donors (Lipinski definition) is 2. The maximum atomic E-state index is 13.0. The molecule has 0 saturated heterocycles. The summed E-state index contributed by atoms with van der Waals surface area (Å²) in [6, 6.07) is 3.61. The third-order valence-corrected chi connectivity index (χ3v) is 12.9. The van der Waals surface area contributed by atoms with Crippen molar-refractivity contribution in [3.05, 3.63) is 92.1 Å². The fourth-order valence-corrected chi connectivity index (χ4v) is 9.33. The van der Waals surface area contributed by atoms with Crippen LogP contribution in [0.1, 0.15) is 90.2 Å². The Labute approximate surface area is 342 Å². The fraction of sp³-hybridized carbons (Fsp3) is 0.526. The fourth-order valence-electron chi connectivity index (χ4n) is 7.62. The van der Waals surface area contributed by atoms with E-state index in [0.29, 0.717) is 65.3 Å². The van der Waals surface area contributed by atoms with Gasteiger partial charge in [0.05, 0.1) is 52.8 Å². The van der Waals surface area contributed by atoms with Gasteiger partial charge in [-0.2, -0.15) is 16.8 Å². The SMILES string of the molecule is CO[C@H]1C[C@H](Cc2ncncc2C(=O)c2cc(C)c(C)o2)C[C@@H]1COS(N)(=O)=O.CO[C@H]1C[C@H](Cc2ncncc2C(=O)c2cc(C)c(C)s2)C[C@@H]1COS(N)(=O)=O. The molecule has 0 spiro atoms. The molecule has 0 aromatic carbocycles. The monoisotopic (exact) mass is 862 g/mol. The van der Waals surface area contributed by atoms with Crippen molar-refractivity contribution in [1.29, 1.82) is 0 Å². The molecule has 0 radical (unpaired) electrons. The molecule has 4 N–H and O–H groups in total. The van der Waals surface area contributed by atoms with Crippen molar-refractivity contribution in [2.24, 2.45) is 33.9 Å². The van der Waals surface area contributed by atoms with Crippen LogP contribution in [0, 0.1) is 51.4 Å². The Bertz CT molecular complexity index is 2100. The lowest BCUT2D eigenvalue weighted by molar-refractivity contribution is 0.0514. The summed E-state index contributed by atoms with van der Waals surface area (Å²) in [5.41, 5.74) is 4.23. The lowest BCUT2D eigenvalue weighted by Crippen LogP contribution is -2.25. The number of carbonyl (C=O) groups excluding carboxylic acids is 2. The highest BCUT2D eigenvalue weighted by molar-refractivity contribution is 7.84. The van der Waals surface area contributed by atoms with Crippen LogP contribution in [0.3, 0.4) is 0 Å². The van der Waals surface area contributed by atoms with Crippen LogP contribution in [0.4, 0.5) is 0 Å². The van der Waals surface area contributed by atoms with E-state index in [-0.39, 0.29) is 66.4 Å². The smallest absolute Gasteiger partial charge is 0.333 e. The van der Waals surface area contributed by atoms with E-state index in [0.717, 1.165) is 22.4 Å². The zero-order chi connectivity index (χ0) is 42.4. The normalized spacial score (nSPS) is 22.1. The molecule has 2 aliphatic rings. The number of ether oxygens (including phenoxy) is 2.